The van der Waals surface area contributed by atoms with Crippen LogP contribution in [0, 0.1) is 13.8 Å². The molecule has 15 heavy (non-hydrogen) atoms. The van der Waals surface area contributed by atoms with Gasteiger partial charge in [0, 0.05) is 18.7 Å². The van der Waals surface area contributed by atoms with Crippen molar-refractivity contribution < 1.29 is 4.74 Å². The van der Waals surface area contributed by atoms with E-state index in [0.29, 0.717) is 11.0 Å². The molecular weight excluding hydrogens is 214 g/mol. The third-order valence-corrected chi connectivity index (χ3v) is 2.85. The average molecular weight is 228 g/mol. The summed E-state index contributed by atoms with van der Waals surface area (Å²) in [5.74, 6) is 1.66. The Morgan fingerprint density at radius 1 is 1.20 bits per heavy atom. The molecule has 1 aliphatic rings. The van der Waals surface area contributed by atoms with E-state index in [1.54, 1.807) is 0 Å². The molecule has 0 saturated carbocycles. The zero-order valence-electron chi connectivity index (χ0n) is 8.96. The summed E-state index contributed by atoms with van der Waals surface area (Å²) in [6.07, 6.45) is 0. The second-order valence-corrected chi connectivity index (χ2v) is 3.97. The molecule has 82 valence electrons. The number of rotatable bonds is 1. The van der Waals surface area contributed by atoms with Crippen molar-refractivity contribution in [1.29, 1.82) is 0 Å². The molecule has 0 amide bonds. The van der Waals surface area contributed by atoms with Crippen LogP contribution in [-0.4, -0.2) is 36.3 Å². The molecule has 0 aliphatic carbocycles. The smallest absolute Gasteiger partial charge is 0.137 e. The van der Waals surface area contributed by atoms with E-state index < -0.39 is 0 Å². The maximum atomic E-state index is 6.03. The lowest BCUT2D eigenvalue weighted by atomic mass is 10.3. The molecule has 1 aliphatic heterocycles. The predicted octanol–water partition coefficient (Wildman–Crippen LogP) is 1.58. The minimum absolute atomic E-state index is 0.545. The standard InChI is InChI=1S/C10H14ClN3O/c1-7-9(11)12-8(2)13-10(7)14-3-5-15-6-4-14/h3-6H2,1-2H3. The molecule has 0 radical (unpaired) electrons. The molecule has 2 rings (SSSR count). The summed E-state index contributed by atoms with van der Waals surface area (Å²) in [6, 6.07) is 0. The van der Waals surface area contributed by atoms with E-state index in [9.17, 15) is 0 Å². The van der Waals surface area contributed by atoms with Crippen molar-refractivity contribution in [2.45, 2.75) is 13.8 Å². The van der Waals surface area contributed by atoms with E-state index in [2.05, 4.69) is 14.9 Å². The van der Waals surface area contributed by atoms with Crippen molar-refractivity contribution >= 4 is 17.4 Å². The summed E-state index contributed by atoms with van der Waals surface area (Å²) in [4.78, 5) is 10.8. The Hall–Kier alpha value is -0.870. The fourth-order valence-electron chi connectivity index (χ4n) is 1.66. The number of ether oxygens (including phenoxy) is 1. The van der Waals surface area contributed by atoms with Crippen LogP contribution >= 0.6 is 11.6 Å². The number of nitrogens with zero attached hydrogens (tertiary/aromatic N) is 3. The molecule has 1 fully saturated rings. The van der Waals surface area contributed by atoms with Crippen molar-refractivity contribution in [1.82, 2.24) is 9.97 Å². The van der Waals surface area contributed by atoms with E-state index in [4.69, 9.17) is 16.3 Å². The predicted molar refractivity (Wildman–Crippen MR) is 59.5 cm³/mol. The van der Waals surface area contributed by atoms with Crippen LogP contribution in [0.25, 0.3) is 0 Å². The first-order valence-corrected chi connectivity index (χ1v) is 5.39. The molecule has 1 aromatic heterocycles. The number of hydrogen-bond donors (Lipinski definition) is 0. The number of anilines is 1. The topological polar surface area (TPSA) is 38.2 Å². The number of halogens is 1. The Bertz CT molecular complexity index is 364. The Morgan fingerprint density at radius 3 is 2.53 bits per heavy atom. The van der Waals surface area contributed by atoms with Crippen LogP contribution < -0.4 is 4.90 Å². The number of aromatic nitrogens is 2. The van der Waals surface area contributed by atoms with Crippen LogP contribution in [0.15, 0.2) is 0 Å². The Balaban J connectivity index is 2.33. The van der Waals surface area contributed by atoms with Gasteiger partial charge in [-0.15, -0.1) is 0 Å². The monoisotopic (exact) mass is 227 g/mol. The number of hydrogen-bond acceptors (Lipinski definition) is 4. The van der Waals surface area contributed by atoms with Gasteiger partial charge in [-0.1, -0.05) is 11.6 Å². The van der Waals surface area contributed by atoms with Gasteiger partial charge >= 0.3 is 0 Å². The summed E-state index contributed by atoms with van der Waals surface area (Å²) in [6.45, 7) is 7.04. The first kappa shape index (κ1) is 10.6. The maximum Gasteiger partial charge on any atom is 0.137 e. The van der Waals surface area contributed by atoms with Gasteiger partial charge in [0.25, 0.3) is 0 Å². The minimum Gasteiger partial charge on any atom is -0.378 e. The van der Waals surface area contributed by atoms with Gasteiger partial charge in [0.15, 0.2) is 0 Å². The van der Waals surface area contributed by atoms with Crippen molar-refractivity contribution in [3.05, 3.63) is 16.5 Å². The van der Waals surface area contributed by atoms with Crippen LogP contribution in [0.3, 0.4) is 0 Å². The van der Waals surface area contributed by atoms with Gasteiger partial charge in [-0.05, 0) is 13.8 Å². The normalized spacial score (nSPS) is 16.9. The lowest BCUT2D eigenvalue weighted by Gasteiger charge is -2.29. The highest BCUT2D eigenvalue weighted by Crippen LogP contribution is 2.23. The molecule has 1 saturated heterocycles. The van der Waals surface area contributed by atoms with E-state index in [1.165, 1.54) is 0 Å². The molecular formula is C10H14ClN3O. The Morgan fingerprint density at radius 2 is 1.87 bits per heavy atom. The summed E-state index contributed by atoms with van der Waals surface area (Å²) < 4.78 is 5.30. The molecule has 0 N–H and O–H groups in total. The number of morpholine rings is 1. The van der Waals surface area contributed by atoms with Crippen molar-refractivity contribution in [3.63, 3.8) is 0 Å². The van der Waals surface area contributed by atoms with Gasteiger partial charge in [0.2, 0.25) is 0 Å². The van der Waals surface area contributed by atoms with Crippen LogP contribution in [0.2, 0.25) is 5.15 Å². The zero-order chi connectivity index (χ0) is 10.8. The SMILES string of the molecule is Cc1nc(Cl)c(C)c(N2CCOCC2)n1. The van der Waals surface area contributed by atoms with Gasteiger partial charge < -0.3 is 9.64 Å². The van der Waals surface area contributed by atoms with Gasteiger partial charge in [0.1, 0.15) is 16.8 Å². The minimum atomic E-state index is 0.545. The van der Waals surface area contributed by atoms with E-state index in [1.807, 2.05) is 13.8 Å². The molecule has 4 nitrogen and oxygen atoms in total. The summed E-state index contributed by atoms with van der Waals surface area (Å²) >= 11 is 6.03. The van der Waals surface area contributed by atoms with Gasteiger partial charge in [0.05, 0.1) is 13.2 Å². The van der Waals surface area contributed by atoms with Crippen LogP contribution in [-0.2, 0) is 4.74 Å². The highest BCUT2D eigenvalue weighted by Gasteiger charge is 2.17. The third kappa shape index (κ3) is 2.21. The van der Waals surface area contributed by atoms with E-state index >= 15 is 0 Å². The van der Waals surface area contributed by atoms with Gasteiger partial charge in [-0.2, -0.15) is 0 Å². The summed E-state index contributed by atoms with van der Waals surface area (Å²) in [5, 5.41) is 0.545. The first-order chi connectivity index (χ1) is 7.18. The van der Waals surface area contributed by atoms with Gasteiger partial charge in [-0.25, -0.2) is 9.97 Å². The van der Waals surface area contributed by atoms with Crippen LogP contribution in [0.4, 0.5) is 5.82 Å². The lowest BCUT2D eigenvalue weighted by molar-refractivity contribution is 0.122. The average Bonchev–Trinajstić information content (AvgIpc) is 2.24. The number of aryl methyl sites for hydroxylation is 1. The molecule has 0 bridgehead atoms. The first-order valence-electron chi connectivity index (χ1n) is 5.02. The quantitative estimate of drug-likeness (QED) is 0.683. The molecule has 1 aromatic rings. The maximum absolute atomic E-state index is 6.03. The van der Waals surface area contributed by atoms with E-state index in [0.717, 1.165) is 37.7 Å². The fraction of sp³-hybridized carbons (Fsp3) is 0.600. The molecule has 0 spiro atoms. The van der Waals surface area contributed by atoms with Crippen LogP contribution in [0.5, 0.6) is 0 Å². The zero-order valence-corrected chi connectivity index (χ0v) is 9.71. The molecule has 0 unspecified atom stereocenters. The van der Waals surface area contributed by atoms with Crippen molar-refractivity contribution in [2.24, 2.45) is 0 Å². The molecule has 2 heterocycles. The molecule has 0 aromatic carbocycles. The largest absolute Gasteiger partial charge is 0.378 e. The Kier molecular flexibility index (Phi) is 3.07. The highest BCUT2D eigenvalue weighted by molar-refractivity contribution is 6.30. The fourth-order valence-corrected chi connectivity index (χ4v) is 1.87. The second kappa shape index (κ2) is 4.33. The summed E-state index contributed by atoms with van der Waals surface area (Å²) in [5.41, 5.74) is 0.948. The Labute approximate surface area is 94.2 Å². The highest BCUT2D eigenvalue weighted by atomic mass is 35.5. The van der Waals surface area contributed by atoms with Crippen LogP contribution in [0.1, 0.15) is 11.4 Å². The third-order valence-electron chi connectivity index (χ3n) is 2.48. The van der Waals surface area contributed by atoms with Crippen molar-refractivity contribution in [3.8, 4) is 0 Å². The van der Waals surface area contributed by atoms with Gasteiger partial charge in [-0.3, -0.25) is 0 Å². The van der Waals surface area contributed by atoms with Crippen molar-refractivity contribution in [2.75, 3.05) is 31.2 Å². The second-order valence-electron chi connectivity index (χ2n) is 3.61. The molecule has 5 heteroatoms. The molecule has 0 atom stereocenters. The van der Waals surface area contributed by atoms with E-state index in [-0.39, 0.29) is 0 Å². The lowest BCUT2D eigenvalue weighted by Crippen LogP contribution is -2.37. The summed E-state index contributed by atoms with van der Waals surface area (Å²) in [7, 11) is 0.